The van der Waals surface area contributed by atoms with E-state index in [1.54, 1.807) is 35.2 Å². The Kier molecular flexibility index (Phi) is 7.34. The summed E-state index contributed by atoms with van der Waals surface area (Å²) in [6.07, 6.45) is 0. The number of thiazole rings is 1. The molecule has 0 spiro atoms. The maximum absolute atomic E-state index is 13.6. The topological polar surface area (TPSA) is 69.5 Å². The smallest absolute Gasteiger partial charge is 0.260 e. The molecule has 0 saturated carbocycles. The molecule has 3 aromatic rings. The number of nitrogens with zero attached hydrogens (tertiary/aromatic N) is 4. The molecule has 0 aliphatic carbocycles. The summed E-state index contributed by atoms with van der Waals surface area (Å²) in [5.74, 6) is -0.520. The van der Waals surface area contributed by atoms with E-state index in [9.17, 15) is 9.18 Å². The van der Waals surface area contributed by atoms with E-state index in [2.05, 4.69) is 16.0 Å². The normalized spacial score (nSPS) is 14.1. The zero-order chi connectivity index (χ0) is 20.2. The minimum absolute atomic E-state index is 0. The highest BCUT2D eigenvalue weighted by Gasteiger charge is 2.23. The van der Waals surface area contributed by atoms with Crippen molar-refractivity contribution in [2.75, 3.05) is 44.3 Å². The van der Waals surface area contributed by atoms with Gasteiger partial charge in [0.2, 0.25) is 0 Å². The van der Waals surface area contributed by atoms with Crippen LogP contribution in [0.25, 0.3) is 10.2 Å². The van der Waals surface area contributed by atoms with Crippen molar-refractivity contribution in [3.8, 4) is 6.07 Å². The van der Waals surface area contributed by atoms with E-state index < -0.39 is 0 Å². The number of hydrogen-bond donors (Lipinski definition) is 0. The van der Waals surface area contributed by atoms with Gasteiger partial charge in [0.15, 0.2) is 5.13 Å². The van der Waals surface area contributed by atoms with Crippen molar-refractivity contribution in [1.82, 2.24) is 9.88 Å². The SMILES string of the molecule is Cl.N#Cc1ccc(C(=O)N(CCN2CCOCC2)c2nc3ccc(F)cc3s2)cc1. The summed E-state index contributed by atoms with van der Waals surface area (Å²) in [5, 5.41) is 9.52. The van der Waals surface area contributed by atoms with Gasteiger partial charge in [-0.15, -0.1) is 12.4 Å². The van der Waals surface area contributed by atoms with Gasteiger partial charge in [0.25, 0.3) is 5.91 Å². The van der Waals surface area contributed by atoms with Crippen LogP contribution in [0, 0.1) is 17.1 Å². The number of morpholine rings is 1. The Labute approximate surface area is 183 Å². The van der Waals surface area contributed by atoms with Crippen LogP contribution in [0.1, 0.15) is 15.9 Å². The Hall–Kier alpha value is -2.57. The fraction of sp³-hybridized carbons (Fsp3) is 0.286. The molecule has 1 aromatic heterocycles. The van der Waals surface area contributed by atoms with Crippen molar-refractivity contribution in [3.05, 3.63) is 59.4 Å². The maximum Gasteiger partial charge on any atom is 0.260 e. The summed E-state index contributed by atoms with van der Waals surface area (Å²) >= 11 is 1.30. The van der Waals surface area contributed by atoms with E-state index in [4.69, 9.17) is 10.00 Å². The highest BCUT2D eigenvalue weighted by atomic mass is 35.5. The van der Waals surface area contributed by atoms with Gasteiger partial charge in [-0.25, -0.2) is 9.37 Å². The van der Waals surface area contributed by atoms with Crippen LogP contribution in [0.3, 0.4) is 0 Å². The summed E-state index contributed by atoms with van der Waals surface area (Å²) in [6.45, 7) is 4.17. The van der Waals surface area contributed by atoms with Gasteiger partial charge >= 0.3 is 0 Å². The number of hydrogen-bond acceptors (Lipinski definition) is 6. The number of anilines is 1. The number of rotatable bonds is 5. The van der Waals surface area contributed by atoms with Crippen LogP contribution in [-0.2, 0) is 4.74 Å². The number of carbonyl (C=O) groups excluding carboxylic acids is 1. The minimum Gasteiger partial charge on any atom is -0.379 e. The monoisotopic (exact) mass is 446 g/mol. The van der Waals surface area contributed by atoms with Crippen molar-refractivity contribution in [1.29, 1.82) is 5.26 Å². The lowest BCUT2D eigenvalue weighted by atomic mass is 10.1. The maximum atomic E-state index is 13.6. The first-order chi connectivity index (χ1) is 14.1. The number of amides is 1. The summed E-state index contributed by atoms with van der Waals surface area (Å²) in [6, 6.07) is 13.0. The zero-order valence-electron chi connectivity index (χ0n) is 16.1. The number of ether oxygens (including phenoxy) is 1. The molecule has 2 heterocycles. The molecule has 0 bridgehead atoms. The van der Waals surface area contributed by atoms with E-state index in [0.29, 0.717) is 52.8 Å². The minimum atomic E-state index is -0.328. The molecule has 1 aliphatic heterocycles. The third-order valence-electron chi connectivity index (χ3n) is 4.82. The van der Waals surface area contributed by atoms with E-state index in [0.717, 1.165) is 13.1 Å². The first-order valence-electron chi connectivity index (χ1n) is 9.32. The fourth-order valence-electron chi connectivity index (χ4n) is 3.20. The lowest BCUT2D eigenvalue weighted by Crippen LogP contribution is -2.43. The van der Waals surface area contributed by atoms with Gasteiger partial charge in [-0.1, -0.05) is 11.3 Å². The predicted octanol–water partition coefficient (Wildman–Crippen LogP) is 3.71. The van der Waals surface area contributed by atoms with E-state index in [-0.39, 0.29) is 24.1 Å². The Morgan fingerprint density at radius 1 is 1.23 bits per heavy atom. The molecule has 0 unspecified atom stereocenters. The molecule has 1 amide bonds. The largest absolute Gasteiger partial charge is 0.379 e. The summed E-state index contributed by atoms with van der Waals surface area (Å²) in [7, 11) is 0. The quantitative estimate of drug-likeness (QED) is 0.597. The molecule has 0 atom stereocenters. The molecule has 1 fully saturated rings. The van der Waals surface area contributed by atoms with E-state index >= 15 is 0 Å². The lowest BCUT2D eigenvalue weighted by molar-refractivity contribution is 0.0391. The first-order valence-corrected chi connectivity index (χ1v) is 10.1. The molecule has 0 N–H and O–H groups in total. The summed E-state index contributed by atoms with van der Waals surface area (Å²) in [5.41, 5.74) is 1.64. The van der Waals surface area contributed by atoms with Crippen molar-refractivity contribution in [2.24, 2.45) is 0 Å². The van der Waals surface area contributed by atoms with Gasteiger partial charge in [-0.2, -0.15) is 5.26 Å². The molecular formula is C21H20ClFN4O2S. The highest BCUT2D eigenvalue weighted by Crippen LogP contribution is 2.30. The molecule has 156 valence electrons. The van der Waals surface area contributed by atoms with Crippen LogP contribution in [-0.4, -0.2) is 55.2 Å². The second kappa shape index (κ2) is 9.96. The fourth-order valence-corrected chi connectivity index (χ4v) is 4.21. The van der Waals surface area contributed by atoms with Crippen LogP contribution in [0.4, 0.5) is 9.52 Å². The standard InChI is InChI=1S/C21H19FN4O2S.ClH/c22-17-5-6-18-19(13-17)29-21(24-18)26(8-7-25-9-11-28-12-10-25)20(27)16-3-1-15(14-23)2-4-16;/h1-6,13H,7-12H2;1H. The number of benzene rings is 2. The summed E-state index contributed by atoms with van der Waals surface area (Å²) < 4.78 is 19.7. The van der Waals surface area contributed by atoms with Crippen molar-refractivity contribution in [2.45, 2.75) is 0 Å². The molecule has 6 nitrogen and oxygen atoms in total. The number of nitriles is 1. The van der Waals surface area contributed by atoms with Crippen molar-refractivity contribution in [3.63, 3.8) is 0 Å². The summed E-state index contributed by atoms with van der Waals surface area (Å²) in [4.78, 5) is 21.7. The van der Waals surface area contributed by atoms with Crippen LogP contribution < -0.4 is 4.90 Å². The van der Waals surface area contributed by atoms with Gasteiger partial charge in [0.1, 0.15) is 5.82 Å². The van der Waals surface area contributed by atoms with E-state index in [1.807, 2.05) is 0 Å². The Morgan fingerprint density at radius 2 is 1.97 bits per heavy atom. The van der Waals surface area contributed by atoms with Gasteiger partial charge in [0, 0.05) is 31.7 Å². The van der Waals surface area contributed by atoms with Gasteiger partial charge in [0.05, 0.1) is 35.1 Å². The lowest BCUT2D eigenvalue weighted by Gasteiger charge is -2.29. The van der Waals surface area contributed by atoms with Crippen LogP contribution in [0.2, 0.25) is 0 Å². The third-order valence-corrected chi connectivity index (χ3v) is 5.86. The van der Waals surface area contributed by atoms with Crippen LogP contribution in [0.15, 0.2) is 42.5 Å². The average Bonchev–Trinajstić information content (AvgIpc) is 3.17. The number of fused-ring (bicyclic) bond motifs is 1. The van der Waals surface area contributed by atoms with Gasteiger partial charge < -0.3 is 4.74 Å². The molecular weight excluding hydrogens is 427 g/mol. The predicted molar refractivity (Wildman–Crippen MR) is 117 cm³/mol. The first kappa shape index (κ1) is 22.1. The second-order valence-electron chi connectivity index (χ2n) is 6.71. The number of halogens is 2. The van der Waals surface area contributed by atoms with Crippen molar-refractivity contribution >= 4 is 45.0 Å². The van der Waals surface area contributed by atoms with Crippen LogP contribution >= 0.6 is 23.7 Å². The third kappa shape index (κ3) is 4.94. The number of carbonyl (C=O) groups is 1. The molecule has 1 saturated heterocycles. The Morgan fingerprint density at radius 3 is 2.67 bits per heavy atom. The zero-order valence-corrected chi connectivity index (χ0v) is 17.7. The molecule has 30 heavy (non-hydrogen) atoms. The van der Waals surface area contributed by atoms with Gasteiger partial charge in [-0.3, -0.25) is 14.6 Å². The van der Waals surface area contributed by atoms with Crippen molar-refractivity contribution < 1.29 is 13.9 Å². The molecule has 4 rings (SSSR count). The second-order valence-corrected chi connectivity index (χ2v) is 7.72. The molecule has 2 aromatic carbocycles. The highest BCUT2D eigenvalue weighted by molar-refractivity contribution is 7.22. The Bertz CT molecular complexity index is 1060. The Balaban J connectivity index is 0.00000256. The van der Waals surface area contributed by atoms with Crippen LogP contribution in [0.5, 0.6) is 0 Å². The molecule has 9 heteroatoms. The molecule has 1 aliphatic rings. The average molecular weight is 447 g/mol. The van der Waals surface area contributed by atoms with Gasteiger partial charge in [-0.05, 0) is 42.5 Å². The van der Waals surface area contributed by atoms with E-state index in [1.165, 1.54) is 23.5 Å². The molecule has 0 radical (unpaired) electrons. The number of aromatic nitrogens is 1.